The van der Waals surface area contributed by atoms with E-state index in [-0.39, 0.29) is 0 Å². The average molecular weight is 207 g/mol. The Morgan fingerprint density at radius 3 is 3.07 bits per heavy atom. The Morgan fingerprint density at radius 2 is 2.40 bits per heavy atom. The van der Waals surface area contributed by atoms with Gasteiger partial charge in [-0.05, 0) is 31.7 Å². The van der Waals surface area contributed by atoms with Crippen molar-refractivity contribution in [2.75, 3.05) is 6.54 Å². The van der Waals surface area contributed by atoms with Crippen molar-refractivity contribution in [3.8, 4) is 0 Å². The minimum Gasteiger partial charge on any atom is -0.334 e. The molecule has 2 N–H and O–H groups in total. The Hall–Kier alpha value is -0.830. The zero-order valence-corrected chi connectivity index (χ0v) is 9.74. The lowest BCUT2D eigenvalue weighted by atomic mass is 9.96. The van der Waals surface area contributed by atoms with Crippen LogP contribution in [0.2, 0.25) is 0 Å². The van der Waals surface area contributed by atoms with Gasteiger partial charge in [-0.15, -0.1) is 0 Å². The normalized spacial score (nSPS) is 20.7. The van der Waals surface area contributed by atoms with E-state index < -0.39 is 0 Å². The molecule has 0 saturated carbocycles. The second-order valence-corrected chi connectivity index (χ2v) is 4.79. The lowest BCUT2D eigenvalue weighted by Crippen LogP contribution is -2.18. The van der Waals surface area contributed by atoms with Gasteiger partial charge < -0.3 is 10.3 Å². The molecule has 3 heteroatoms. The zero-order valence-electron chi connectivity index (χ0n) is 9.74. The molecule has 3 nitrogen and oxygen atoms in total. The molecule has 15 heavy (non-hydrogen) atoms. The molecular formula is C12H21N3. The summed E-state index contributed by atoms with van der Waals surface area (Å²) >= 11 is 0. The summed E-state index contributed by atoms with van der Waals surface area (Å²) in [5.41, 5.74) is 6.88. The Labute approximate surface area is 91.7 Å². The van der Waals surface area contributed by atoms with Gasteiger partial charge >= 0.3 is 0 Å². The SMILES string of the molecule is CC(C)c1cn2c(n1)C(CCN)CCC2. The van der Waals surface area contributed by atoms with Crippen molar-refractivity contribution in [3.63, 3.8) is 0 Å². The van der Waals surface area contributed by atoms with Crippen molar-refractivity contribution in [1.82, 2.24) is 9.55 Å². The van der Waals surface area contributed by atoms with Gasteiger partial charge in [0.15, 0.2) is 0 Å². The second-order valence-electron chi connectivity index (χ2n) is 4.79. The molecule has 0 fully saturated rings. The van der Waals surface area contributed by atoms with Crippen molar-refractivity contribution < 1.29 is 0 Å². The molecule has 1 unspecified atom stereocenters. The Kier molecular flexibility index (Phi) is 3.10. The number of rotatable bonds is 3. The first-order valence-corrected chi connectivity index (χ1v) is 5.99. The smallest absolute Gasteiger partial charge is 0.112 e. The number of nitrogens with two attached hydrogens (primary N) is 1. The van der Waals surface area contributed by atoms with Crippen molar-refractivity contribution in [2.24, 2.45) is 5.73 Å². The molecule has 1 aliphatic rings. The van der Waals surface area contributed by atoms with E-state index in [0.29, 0.717) is 11.8 Å². The van der Waals surface area contributed by atoms with Crippen LogP contribution in [0.3, 0.4) is 0 Å². The highest BCUT2D eigenvalue weighted by Crippen LogP contribution is 2.30. The summed E-state index contributed by atoms with van der Waals surface area (Å²) in [7, 11) is 0. The highest BCUT2D eigenvalue weighted by molar-refractivity contribution is 5.13. The van der Waals surface area contributed by atoms with Gasteiger partial charge in [-0.25, -0.2) is 4.98 Å². The van der Waals surface area contributed by atoms with Crippen LogP contribution in [0.15, 0.2) is 6.20 Å². The number of fused-ring (bicyclic) bond motifs is 1. The van der Waals surface area contributed by atoms with Crippen LogP contribution in [0.5, 0.6) is 0 Å². The minimum absolute atomic E-state index is 0.529. The van der Waals surface area contributed by atoms with Crippen LogP contribution in [-0.4, -0.2) is 16.1 Å². The predicted octanol–water partition coefficient (Wildman–Crippen LogP) is 2.23. The van der Waals surface area contributed by atoms with Crippen LogP contribution in [0.1, 0.15) is 56.5 Å². The van der Waals surface area contributed by atoms with Crippen molar-refractivity contribution in [3.05, 3.63) is 17.7 Å². The van der Waals surface area contributed by atoms with Crippen LogP contribution in [0.4, 0.5) is 0 Å². The van der Waals surface area contributed by atoms with Gasteiger partial charge in [0.25, 0.3) is 0 Å². The number of nitrogens with zero attached hydrogens (tertiary/aromatic N) is 2. The van der Waals surface area contributed by atoms with Crippen molar-refractivity contribution in [1.29, 1.82) is 0 Å². The molecule has 0 radical (unpaired) electrons. The average Bonchev–Trinajstić information content (AvgIpc) is 2.63. The van der Waals surface area contributed by atoms with Gasteiger partial charge in [0, 0.05) is 18.7 Å². The summed E-state index contributed by atoms with van der Waals surface area (Å²) in [6.45, 7) is 6.31. The molecule has 1 aliphatic heterocycles. The minimum atomic E-state index is 0.529. The van der Waals surface area contributed by atoms with E-state index in [9.17, 15) is 0 Å². The van der Waals surface area contributed by atoms with Gasteiger partial charge in [0.05, 0.1) is 5.69 Å². The quantitative estimate of drug-likeness (QED) is 0.826. The lowest BCUT2D eigenvalue weighted by Gasteiger charge is -2.22. The summed E-state index contributed by atoms with van der Waals surface area (Å²) in [4.78, 5) is 4.76. The number of imidazole rings is 1. The summed E-state index contributed by atoms with van der Waals surface area (Å²) in [5.74, 6) is 2.40. The Bertz CT molecular complexity index is 328. The molecular weight excluding hydrogens is 186 g/mol. The molecule has 0 aromatic carbocycles. The third-order valence-corrected chi connectivity index (χ3v) is 3.25. The Balaban J connectivity index is 2.26. The summed E-state index contributed by atoms with van der Waals surface area (Å²) in [6.07, 6.45) is 5.83. The van der Waals surface area contributed by atoms with Crippen LogP contribution in [-0.2, 0) is 6.54 Å². The molecule has 0 spiro atoms. The third kappa shape index (κ3) is 2.07. The molecule has 0 saturated heterocycles. The van der Waals surface area contributed by atoms with Crippen LogP contribution in [0.25, 0.3) is 0 Å². The molecule has 84 valence electrons. The van der Waals surface area contributed by atoms with E-state index in [1.54, 1.807) is 0 Å². The highest BCUT2D eigenvalue weighted by Gasteiger charge is 2.22. The fraction of sp³-hybridized carbons (Fsp3) is 0.750. The largest absolute Gasteiger partial charge is 0.334 e. The maximum Gasteiger partial charge on any atom is 0.112 e. The highest BCUT2D eigenvalue weighted by atomic mass is 15.1. The van der Waals surface area contributed by atoms with Gasteiger partial charge in [0.1, 0.15) is 5.82 Å². The molecule has 2 heterocycles. The third-order valence-electron chi connectivity index (χ3n) is 3.25. The summed E-state index contributed by atoms with van der Waals surface area (Å²) in [5, 5.41) is 0. The maximum atomic E-state index is 5.65. The Morgan fingerprint density at radius 1 is 1.60 bits per heavy atom. The lowest BCUT2D eigenvalue weighted by molar-refractivity contribution is 0.428. The van der Waals surface area contributed by atoms with Crippen molar-refractivity contribution >= 4 is 0 Å². The fourth-order valence-electron chi connectivity index (χ4n) is 2.35. The molecule has 0 aliphatic carbocycles. The monoisotopic (exact) mass is 207 g/mol. The zero-order chi connectivity index (χ0) is 10.8. The molecule has 1 aromatic heterocycles. The first kappa shape index (κ1) is 10.7. The first-order chi connectivity index (χ1) is 7.22. The van der Waals surface area contributed by atoms with Gasteiger partial charge in [-0.1, -0.05) is 13.8 Å². The molecule has 1 aromatic rings. The van der Waals surface area contributed by atoms with Gasteiger partial charge in [-0.2, -0.15) is 0 Å². The standard InChI is InChI=1S/C12H21N3/c1-9(2)11-8-15-7-3-4-10(5-6-13)12(15)14-11/h8-10H,3-7,13H2,1-2H3. The summed E-state index contributed by atoms with van der Waals surface area (Å²) in [6, 6.07) is 0. The molecule has 2 rings (SSSR count). The van der Waals surface area contributed by atoms with E-state index >= 15 is 0 Å². The summed E-state index contributed by atoms with van der Waals surface area (Å²) < 4.78 is 2.33. The van der Waals surface area contributed by atoms with Crippen LogP contribution in [0, 0.1) is 0 Å². The van der Waals surface area contributed by atoms with E-state index in [2.05, 4.69) is 24.6 Å². The van der Waals surface area contributed by atoms with E-state index in [4.69, 9.17) is 10.7 Å². The second kappa shape index (κ2) is 4.35. The van der Waals surface area contributed by atoms with Gasteiger partial charge in [0.2, 0.25) is 0 Å². The fourth-order valence-corrected chi connectivity index (χ4v) is 2.35. The number of hydrogen-bond donors (Lipinski definition) is 1. The number of hydrogen-bond acceptors (Lipinski definition) is 2. The topological polar surface area (TPSA) is 43.8 Å². The first-order valence-electron chi connectivity index (χ1n) is 5.99. The number of aromatic nitrogens is 2. The van der Waals surface area contributed by atoms with Crippen LogP contribution >= 0.6 is 0 Å². The number of aryl methyl sites for hydroxylation is 1. The molecule has 1 atom stereocenters. The molecule has 0 amide bonds. The van der Waals surface area contributed by atoms with Crippen molar-refractivity contribution in [2.45, 2.75) is 51.5 Å². The maximum absolute atomic E-state index is 5.65. The van der Waals surface area contributed by atoms with E-state index in [1.807, 2.05) is 0 Å². The van der Waals surface area contributed by atoms with E-state index in [0.717, 1.165) is 19.5 Å². The van der Waals surface area contributed by atoms with Gasteiger partial charge in [-0.3, -0.25) is 0 Å². The molecule has 0 bridgehead atoms. The van der Waals surface area contributed by atoms with E-state index in [1.165, 1.54) is 24.4 Å². The predicted molar refractivity (Wildman–Crippen MR) is 62.0 cm³/mol. The van der Waals surface area contributed by atoms with Crippen LogP contribution < -0.4 is 5.73 Å².